The number of ether oxygens (including phenoxy) is 2. The molecule has 4 rings (SSSR count). The molecule has 1 N–H and O–H groups in total. The molecule has 0 bridgehead atoms. The molecule has 3 aromatic carbocycles. The van der Waals surface area contributed by atoms with Crippen molar-refractivity contribution in [3.63, 3.8) is 0 Å². The van der Waals surface area contributed by atoms with Crippen LogP contribution >= 0.6 is 10.2 Å². The van der Waals surface area contributed by atoms with Gasteiger partial charge < -0.3 is 14.8 Å². The Morgan fingerprint density at radius 3 is 2.07 bits per heavy atom. The van der Waals surface area contributed by atoms with Gasteiger partial charge in [-0.05, 0) is 72.6 Å². The van der Waals surface area contributed by atoms with E-state index in [1.165, 1.54) is 29.2 Å². The number of hydrogen-bond acceptors (Lipinski definition) is 6. The molecule has 0 fully saturated rings. The lowest BCUT2D eigenvalue weighted by Gasteiger charge is -2.40. The summed E-state index contributed by atoms with van der Waals surface area (Å²) in [5.74, 6) is 0.576. The van der Waals surface area contributed by atoms with E-state index >= 15 is 0 Å². The lowest BCUT2D eigenvalue weighted by atomic mass is 10.1. The highest BCUT2D eigenvalue weighted by Gasteiger charge is 2.65. The van der Waals surface area contributed by atoms with Crippen LogP contribution in [-0.2, 0) is 16.4 Å². The zero-order valence-electron chi connectivity index (χ0n) is 22.1. The van der Waals surface area contributed by atoms with Gasteiger partial charge in [0.1, 0.15) is 29.3 Å². The summed E-state index contributed by atoms with van der Waals surface area (Å²) >= 11 is 0. The molecule has 1 heterocycles. The van der Waals surface area contributed by atoms with Gasteiger partial charge in [0.25, 0.3) is 0 Å². The summed E-state index contributed by atoms with van der Waals surface area (Å²) in [5.41, 5.74) is 2.07. The van der Waals surface area contributed by atoms with Crippen molar-refractivity contribution < 1.29 is 42.1 Å². The predicted octanol–water partition coefficient (Wildman–Crippen LogP) is 7.22. The van der Waals surface area contributed by atoms with Crippen LogP contribution in [0.3, 0.4) is 0 Å². The van der Waals surface area contributed by atoms with Crippen LogP contribution in [-0.4, -0.2) is 43.4 Å². The van der Waals surface area contributed by atoms with Crippen molar-refractivity contribution in [3.05, 3.63) is 90.9 Å². The maximum atomic E-state index is 12.8. The van der Waals surface area contributed by atoms with Gasteiger partial charge in [-0.2, -0.15) is 0 Å². The van der Waals surface area contributed by atoms with E-state index in [-0.39, 0.29) is 42.5 Å². The fourth-order valence-corrected chi connectivity index (χ4v) is 4.93. The fraction of sp³-hybridized carbons (Fsp3) is 0.185. The van der Waals surface area contributed by atoms with E-state index in [4.69, 9.17) is 9.47 Å². The van der Waals surface area contributed by atoms with Crippen molar-refractivity contribution in [3.8, 4) is 22.8 Å². The third-order valence-electron chi connectivity index (χ3n) is 5.86. The Hall–Kier alpha value is -4.11. The van der Waals surface area contributed by atoms with Crippen LogP contribution in [0.15, 0.2) is 95.1 Å². The zero-order chi connectivity index (χ0) is 30.7. The quantitative estimate of drug-likeness (QED) is 0.139. The van der Waals surface area contributed by atoms with E-state index in [1.54, 1.807) is 36.4 Å². The molecule has 1 amide bonds. The minimum atomic E-state index is -9.73. The molecule has 0 saturated heterocycles. The number of carbonyl (C=O) groups is 1. The average Bonchev–Trinajstić information content (AvgIpc) is 3.41. The number of amides is 1. The molecule has 0 radical (unpaired) electrons. The van der Waals surface area contributed by atoms with Crippen LogP contribution in [0.2, 0.25) is 0 Å². The van der Waals surface area contributed by atoms with Gasteiger partial charge in [-0.15, -0.1) is 0 Å². The molecule has 42 heavy (non-hydrogen) atoms. The number of rotatable bonds is 11. The van der Waals surface area contributed by atoms with Crippen LogP contribution in [0.5, 0.6) is 11.5 Å². The van der Waals surface area contributed by atoms with Gasteiger partial charge in [0.2, 0.25) is 0 Å². The smallest absolute Gasteiger partial charge is 0.326 e. The number of carbonyl (C=O) groups excluding carboxylic acids is 1. The average molecular weight is 632 g/mol. The molecule has 0 atom stereocenters. The van der Waals surface area contributed by atoms with E-state index in [2.05, 4.69) is 10.3 Å². The van der Waals surface area contributed by atoms with Gasteiger partial charge in [-0.25, -0.2) is 18.2 Å². The molecule has 226 valence electrons. The first-order valence-corrected chi connectivity index (χ1v) is 16.1. The molecule has 0 aliphatic rings. The van der Waals surface area contributed by atoms with Gasteiger partial charge in [-0.3, -0.25) is 4.57 Å². The normalized spacial score (nSPS) is 13.6. The van der Waals surface area contributed by atoms with Gasteiger partial charge in [0, 0.05) is 24.6 Å². The Labute approximate surface area is 238 Å². The Bertz CT molecular complexity index is 1660. The SMILES string of the molecule is CS(=O)(=O)c1ccc(COc2ccc(-c3cn(C(=O)NCCCOc4ccc(S(F)(F)(F)(F)F)cc4)cn3)cc2)cc1. The maximum absolute atomic E-state index is 12.8. The summed E-state index contributed by atoms with van der Waals surface area (Å²) in [6.07, 6.45) is 4.32. The van der Waals surface area contributed by atoms with Crippen LogP contribution < -0.4 is 14.8 Å². The molecule has 0 spiro atoms. The van der Waals surface area contributed by atoms with Crippen molar-refractivity contribution in [2.75, 3.05) is 19.4 Å². The number of nitrogens with zero attached hydrogens (tertiary/aromatic N) is 2. The highest BCUT2D eigenvalue weighted by atomic mass is 32.5. The summed E-state index contributed by atoms with van der Waals surface area (Å²) in [4.78, 5) is 14.9. The standard InChI is InChI=1S/C27H26F5N3O5S2/c1-41(37,38)24-11-3-20(4-12-24)18-40-23-7-5-21(6-8-23)26-17-35(19-34-26)27(36)33-15-2-16-39-22-9-13-25(14-10-22)42(28,29,30,31)32/h3-14,17,19H,2,15-16,18H2,1H3,(H,33,36). The third-order valence-corrected chi connectivity index (χ3v) is 8.15. The number of nitrogens with one attached hydrogen (secondary N) is 1. The minimum absolute atomic E-state index is 0.00847. The lowest BCUT2D eigenvalue weighted by molar-refractivity contribution is 0.240. The van der Waals surface area contributed by atoms with Crippen molar-refractivity contribution in [1.82, 2.24) is 14.9 Å². The summed E-state index contributed by atoms with van der Waals surface area (Å²) in [6, 6.07) is 15.2. The molecular weight excluding hydrogens is 605 g/mol. The van der Waals surface area contributed by atoms with Gasteiger partial charge in [-0.1, -0.05) is 31.6 Å². The molecule has 0 aliphatic heterocycles. The second-order valence-corrected chi connectivity index (χ2v) is 13.7. The Kier molecular flexibility index (Phi) is 8.04. The lowest BCUT2D eigenvalue weighted by Crippen LogP contribution is -2.29. The minimum Gasteiger partial charge on any atom is -0.494 e. The van der Waals surface area contributed by atoms with E-state index in [0.29, 0.717) is 17.9 Å². The largest absolute Gasteiger partial charge is 0.494 e. The first kappa shape index (κ1) is 30.8. The topological polar surface area (TPSA) is 99.5 Å². The van der Waals surface area contributed by atoms with Crippen LogP contribution in [0.1, 0.15) is 12.0 Å². The highest BCUT2D eigenvalue weighted by molar-refractivity contribution is 8.45. The summed E-state index contributed by atoms with van der Waals surface area (Å²) < 4.78 is 99.2. The van der Waals surface area contributed by atoms with Gasteiger partial charge in [0.05, 0.1) is 17.2 Å². The van der Waals surface area contributed by atoms with Crippen molar-refractivity contribution in [2.24, 2.45) is 0 Å². The van der Waals surface area contributed by atoms with E-state index < -0.39 is 31.0 Å². The molecule has 4 aromatic rings. The van der Waals surface area contributed by atoms with Crippen molar-refractivity contribution in [2.45, 2.75) is 22.8 Å². The van der Waals surface area contributed by atoms with Gasteiger partial charge >= 0.3 is 16.3 Å². The van der Waals surface area contributed by atoms with E-state index in [9.17, 15) is 32.6 Å². The number of aromatic nitrogens is 2. The number of hydrogen-bond donors (Lipinski definition) is 1. The Morgan fingerprint density at radius 2 is 1.48 bits per heavy atom. The van der Waals surface area contributed by atoms with Crippen LogP contribution in [0, 0.1) is 0 Å². The fourth-order valence-electron chi connectivity index (χ4n) is 3.65. The summed E-state index contributed by atoms with van der Waals surface area (Å²) in [5, 5.41) is 2.65. The van der Waals surface area contributed by atoms with Crippen molar-refractivity contribution in [1.29, 1.82) is 0 Å². The molecule has 15 heteroatoms. The number of sulfone groups is 1. The molecule has 1 aromatic heterocycles. The summed E-state index contributed by atoms with van der Waals surface area (Å²) in [7, 11) is -13.0. The zero-order valence-corrected chi connectivity index (χ0v) is 23.7. The van der Waals surface area contributed by atoms with Gasteiger partial charge in [0.15, 0.2) is 9.84 Å². The highest BCUT2D eigenvalue weighted by Crippen LogP contribution is 3.02. The van der Waals surface area contributed by atoms with Crippen LogP contribution in [0.4, 0.5) is 24.2 Å². The second-order valence-electron chi connectivity index (χ2n) is 9.27. The molecule has 8 nitrogen and oxygen atoms in total. The maximum Gasteiger partial charge on any atom is 0.326 e. The first-order chi connectivity index (χ1) is 19.5. The monoisotopic (exact) mass is 631 g/mol. The number of halogens is 5. The molecule has 0 aliphatic carbocycles. The first-order valence-electron chi connectivity index (χ1n) is 12.3. The predicted molar refractivity (Wildman–Crippen MR) is 148 cm³/mol. The van der Waals surface area contributed by atoms with Crippen molar-refractivity contribution >= 4 is 26.1 Å². The number of imidazole rings is 1. The Balaban J connectivity index is 1.21. The van der Waals surface area contributed by atoms with E-state index in [0.717, 1.165) is 29.5 Å². The number of benzene rings is 3. The third kappa shape index (κ3) is 8.45. The molecule has 0 saturated carbocycles. The van der Waals surface area contributed by atoms with Crippen LogP contribution in [0.25, 0.3) is 11.3 Å². The molecular formula is C27H26F5N3O5S2. The summed E-state index contributed by atoms with van der Waals surface area (Å²) in [6.45, 7) is 0.456. The second kappa shape index (κ2) is 10.9. The Morgan fingerprint density at radius 1 is 0.881 bits per heavy atom. The van der Waals surface area contributed by atoms with E-state index in [1.807, 2.05) is 0 Å². The molecule has 0 unspecified atom stereocenters.